The Kier molecular flexibility index (Phi) is 3.91. The molecule has 0 spiro atoms. The van der Waals surface area contributed by atoms with E-state index in [4.69, 9.17) is 0 Å². The molecule has 1 unspecified atom stereocenters. The Morgan fingerprint density at radius 3 is 3.00 bits per heavy atom. The second-order valence-electron chi connectivity index (χ2n) is 4.14. The minimum absolute atomic E-state index is 0.313. The summed E-state index contributed by atoms with van der Waals surface area (Å²) in [4.78, 5) is 8.78. The van der Waals surface area contributed by atoms with E-state index in [-0.39, 0.29) is 0 Å². The summed E-state index contributed by atoms with van der Waals surface area (Å²) < 4.78 is 1.99. The molecule has 0 bridgehead atoms. The highest BCUT2D eigenvalue weighted by atomic mass is 32.1. The van der Waals surface area contributed by atoms with Crippen LogP contribution in [0.4, 0.5) is 0 Å². The molecule has 17 heavy (non-hydrogen) atoms. The van der Waals surface area contributed by atoms with Gasteiger partial charge in [0.05, 0.1) is 23.9 Å². The summed E-state index contributed by atoms with van der Waals surface area (Å²) in [7, 11) is 1.99. The van der Waals surface area contributed by atoms with Crippen LogP contribution in [0, 0.1) is 0 Å². The van der Waals surface area contributed by atoms with Gasteiger partial charge in [-0.3, -0.25) is 0 Å². The predicted octanol–water partition coefficient (Wildman–Crippen LogP) is 2.60. The van der Waals surface area contributed by atoms with Crippen molar-refractivity contribution in [3.8, 4) is 10.7 Å². The van der Waals surface area contributed by atoms with E-state index >= 15 is 0 Å². The zero-order valence-electron chi connectivity index (χ0n) is 10.5. The van der Waals surface area contributed by atoms with Crippen molar-refractivity contribution in [3.05, 3.63) is 23.6 Å². The third-order valence-electron chi connectivity index (χ3n) is 2.70. The van der Waals surface area contributed by atoms with Gasteiger partial charge in [-0.05, 0) is 19.9 Å². The van der Waals surface area contributed by atoms with E-state index in [0.29, 0.717) is 6.04 Å². The molecule has 0 fully saturated rings. The standard InChI is InChI=1S/C12H18N4S/c1-4-5-14-9(2)10-7-17-12(15-10)11-6-13-8-16(11)3/h6-9,14H,4-5H2,1-3H3. The zero-order chi connectivity index (χ0) is 12.3. The first-order valence-electron chi connectivity index (χ1n) is 5.88. The average Bonchev–Trinajstić information content (AvgIpc) is 2.93. The summed E-state index contributed by atoms with van der Waals surface area (Å²) in [5.74, 6) is 0. The summed E-state index contributed by atoms with van der Waals surface area (Å²) in [6.45, 7) is 5.35. The van der Waals surface area contributed by atoms with E-state index in [9.17, 15) is 0 Å². The Hall–Kier alpha value is -1.20. The van der Waals surface area contributed by atoms with Crippen LogP contribution >= 0.6 is 11.3 Å². The van der Waals surface area contributed by atoms with Gasteiger partial charge < -0.3 is 9.88 Å². The lowest BCUT2D eigenvalue weighted by Crippen LogP contribution is -2.19. The number of thiazole rings is 1. The quantitative estimate of drug-likeness (QED) is 0.887. The molecule has 0 aliphatic carbocycles. The maximum atomic E-state index is 4.66. The smallest absolute Gasteiger partial charge is 0.141 e. The van der Waals surface area contributed by atoms with Crippen molar-refractivity contribution in [1.29, 1.82) is 0 Å². The van der Waals surface area contributed by atoms with E-state index in [1.807, 2.05) is 17.8 Å². The molecule has 0 amide bonds. The summed E-state index contributed by atoms with van der Waals surface area (Å²) >= 11 is 1.67. The maximum absolute atomic E-state index is 4.66. The van der Waals surface area contributed by atoms with Crippen LogP contribution in [0.25, 0.3) is 10.7 Å². The molecule has 2 heterocycles. The zero-order valence-corrected chi connectivity index (χ0v) is 11.3. The number of hydrogen-bond acceptors (Lipinski definition) is 4. The van der Waals surface area contributed by atoms with Crippen LogP contribution in [0.3, 0.4) is 0 Å². The maximum Gasteiger partial charge on any atom is 0.141 e. The highest BCUT2D eigenvalue weighted by Gasteiger charge is 2.12. The van der Waals surface area contributed by atoms with Crippen LogP contribution in [0.15, 0.2) is 17.9 Å². The SMILES string of the molecule is CCCNC(C)c1csc(-c2cncn2C)n1. The molecule has 0 saturated heterocycles. The molecule has 0 radical (unpaired) electrons. The molecule has 1 N–H and O–H groups in total. The second kappa shape index (κ2) is 5.42. The number of hydrogen-bond donors (Lipinski definition) is 1. The summed E-state index contributed by atoms with van der Waals surface area (Å²) in [5, 5.41) is 6.60. The molecule has 0 aromatic carbocycles. The Labute approximate surface area is 106 Å². The van der Waals surface area contributed by atoms with Crippen LogP contribution in [-0.4, -0.2) is 21.1 Å². The molecule has 4 nitrogen and oxygen atoms in total. The number of imidazole rings is 1. The van der Waals surface area contributed by atoms with Gasteiger partial charge in [-0.1, -0.05) is 6.92 Å². The second-order valence-corrected chi connectivity index (χ2v) is 5.00. The van der Waals surface area contributed by atoms with Gasteiger partial charge in [0, 0.05) is 18.5 Å². The van der Waals surface area contributed by atoms with Crippen LogP contribution < -0.4 is 5.32 Å². The molecular formula is C12H18N4S. The largest absolute Gasteiger partial charge is 0.332 e. The molecule has 0 saturated carbocycles. The van der Waals surface area contributed by atoms with Crippen molar-refractivity contribution in [2.24, 2.45) is 7.05 Å². The van der Waals surface area contributed by atoms with E-state index in [0.717, 1.165) is 29.4 Å². The summed E-state index contributed by atoms with van der Waals surface area (Å²) in [5.41, 5.74) is 2.18. The fourth-order valence-corrected chi connectivity index (χ4v) is 2.60. The molecule has 0 aliphatic heterocycles. The highest BCUT2D eigenvalue weighted by Crippen LogP contribution is 2.25. The van der Waals surface area contributed by atoms with Gasteiger partial charge >= 0.3 is 0 Å². The van der Waals surface area contributed by atoms with Gasteiger partial charge in [-0.15, -0.1) is 11.3 Å². The highest BCUT2D eigenvalue weighted by molar-refractivity contribution is 7.13. The van der Waals surface area contributed by atoms with Crippen LogP contribution in [-0.2, 0) is 7.05 Å². The minimum Gasteiger partial charge on any atom is -0.332 e. The number of nitrogens with zero attached hydrogens (tertiary/aromatic N) is 3. The van der Waals surface area contributed by atoms with Gasteiger partial charge in [0.25, 0.3) is 0 Å². The lowest BCUT2D eigenvalue weighted by Gasteiger charge is -2.09. The van der Waals surface area contributed by atoms with Gasteiger partial charge in [-0.25, -0.2) is 9.97 Å². The van der Waals surface area contributed by atoms with Crippen molar-refractivity contribution in [2.45, 2.75) is 26.3 Å². The minimum atomic E-state index is 0.313. The monoisotopic (exact) mass is 250 g/mol. The first kappa shape index (κ1) is 12.3. The van der Waals surface area contributed by atoms with Gasteiger partial charge in [0.1, 0.15) is 5.01 Å². The molecule has 2 aromatic heterocycles. The van der Waals surface area contributed by atoms with Gasteiger partial charge in [0.15, 0.2) is 0 Å². The van der Waals surface area contributed by atoms with E-state index < -0.39 is 0 Å². The van der Waals surface area contributed by atoms with Crippen molar-refractivity contribution < 1.29 is 0 Å². The first-order chi connectivity index (χ1) is 8.22. The lowest BCUT2D eigenvalue weighted by atomic mass is 10.2. The predicted molar refractivity (Wildman–Crippen MR) is 71.0 cm³/mol. The Morgan fingerprint density at radius 2 is 2.35 bits per heavy atom. The number of nitrogens with one attached hydrogen (secondary N) is 1. The summed E-state index contributed by atoms with van der Waals surface area (Å²) in [6, 6.07) is 0.313. The first-order valence-corrected chi connectivity index (χ1v) is 6.75. The Morgan fingerprint density at radius 1 is 1.53 bits per heavy atom. The fraction of sp³-hybridized carbons (Fsp3) is 0.500. The number of aromatic nitrogens is 3. The Bertz CT molecular complexity index is 474. The van der Waals surface area contributed by atoms with E-state index in [2.05, 4.69) is 34.5 Å². The molecule has 5 heteroatoms. The molecule has 2 rings (SSSR count). The van der Waals surface area contributed by atoms with Gasteiger partial charge in [-0.2, -0.15) is 0 Å². The molecule has 2 aromatic rings. The van der Waals surface area contributed by atoms with Crippen LogP contribution in [0.5, 0.6) is 0 Å². The molecular weight excluding hydrogens is 232 g/mol. The van der Waals surface area contributed by atoms with Crippen LogP contribution in [0.2, 0.25) is 0 Å². The third-order valence-corrected chi connectivity index (χ3v) is 3.58. The number of aryl methyl sites for hydroxylation is 1. The van der Waals surface area contributed by atoms with Crippen molar-refractivity contribution in [1.82, 2.24) is 19.9 Å². The van der Waals surface area contributed by atoms with Crippen molar-refractivity contribution in [3.63, 3.8) is 0 Å². The number of rotatable bonds is 5. The normalized spacial score (nSPS) is 12.9. The van der Waals surface area contributed by atoms with Crippen molar-refractivity contribution in [2.75, 3.05) is 6.54 Å². The molecule has 0 aliphatic rings. The molecule has 1 atom stereocenters. The topological polar surface area (TPSA) is 42.7 Å². The lowest BCUT2D eigenvalue weighted by molar-refractivity contribution is 0.561. The fourth-order valence-electron chi connectivity index (χ4n) is 1.63. The third kappa shape index (κ3) is 2.73. The average molecular weight is 250 g/mol. The van der Waals surface area contributed by atoms with Crippen molar-refractivity contribution >= 4 is 11.3 Å². The van der Waals surface area contributed by atoms with Crippen LogP contribution in [0.1, 0.15) is 32.0 Å². The summed E-state index contributed by atoms with van der Waals surface area (Å²) in [6.07, 6.45) is 4.80. The van der Waals surface area contributed by atoms with E-state index in [1.165, 1.54) is 0 Å². The Balaban J connectivity index is 2.13. The molecule has 92 valence electrons. The van der Waals surface area contributed by atoms with Gasteiger partial charge in [0.2, 0.25) is 0 Å². The van der Waals surface area contributed by atoms with E-state index in [1.54, 1.807) is 17.7 Å².